The van der Waals surface area contributed by atoms with Crippen molar-refractivity contribution in [3.05, 3.63) is 0 Å². The Morgan fingerprint density at radius 3 is 2.33 bits per heavy atom. The van der Waals surface area contributed by atoms with Gasteiger partial charge in [-0.1, -0.05) is 0 Å². The Morgan fingerprint density at radius 2 is 1.93 bits per heavy atom. The van der Waals surface area contributed by atoms with Crippen LogP contribution >= 0.6 is 0 Å². The molecule has 0 fully saturated rings. The minimum atomic E-state index is -3.24. The summed E-state index contributed by atoms with van der Waals surface area (Å²) in [6, 6.07) is 0. The monoisotopic (exact) mass is 238 g/mol. The smallest absolute Gasteiger partial charge is 0.319 e. The van der Waals surface area contributed by atoms with Crippen molar-refractivity contribution < 1.29 is 17.9 Å². The van der Waals surface area contributed by atoms with Crippen molar-refractivity contribution in [3.8, 4) is 0 Å². The number of sulfonamides is 1. The number of hydrogen-bond acceptors (Lipinski definition) is 5. The van der Waals surface area contributed by atoms with Gasteiger partial charge < -0.3 is 10.1 Å². The van der Waals surface area contributed by atoms with Crippen LogP contribution in [0.5, 0.6) is 0 Å². The number of nitrogens with one attached hydrogen (secondary N) is 2. The van der Waals surface area contributed by atoms with Gasteiger partial charge in [-0.3, -0.25) is 4.79 Å². The molecule has 0 heterocycles. The van der Waals surface area contributed by atoms with Gasteiger partial charge >= 0.3 is 5.97 Å². The largest absolute Gasteiger partial charge is 0.468 e. The van der Waals surface area contributed by atoms with Gasteiger partial charge in [0.25, 0.3) is 0 Å². The van der Waals surface area contributed by atoms with Crippen molar-refractivity contribution in [2.24, 2.45) is 0 Å². The second-order valence-electron chi connectivity index (χ2n) is 3.94. The van der Waals surface area contributed by atoms with Gasteiger partial charge in [-0.15, -0.1) is 0 Å². The number of ether oxygens (including phenoxy) is 1. The molecule has 0 saturated heterocycles. The van der Waals surface area contributed by atoms with Crippen molar-refractivity contribution in [1.29, 1.82) is 0 Å². The Morgan fingerprint density at radius 1 is 1.40 bits per heavy atom. The van der Waals surface area contributed by atoms with E-state index in [9.17, 15) is 13.2 Å². The van der Waals surface area contributed by atoms with Crippen LogP contribution in [0.15, 0.2) is 0 Å². The number of esters is 1. The van der Waals surface area contributed by atoms with Gasteiger partial charge in [0.15, 0.2) is 0 Å². The zero-order valence-electron chi connectivity index (χ0n) is 9.46. The highest BCUT2D eigenvalue weighted by atomic mass is 32.2. The van der Waals surface area contributed by atoms with Crippen LogP contribution in [0.25, 0.3) is 0 Å². The number of hydrogen-bond donors (Lipinski definition) is 2. The lowest BCUT2D eigenvalue weighted by Crippen LogP contribution is -2.50. The third-order valence-electron chi connectivity index (χ3n) is 1.53. The molecule has 6 nitrogen and oxygen atoms in total. The summed E-state index contributed by atoms with van der Waals surface area (Å²) in [5, 5.41) is 2.80. The van der Waals surface area contributed by atoms with Crippen molar-refractivity contribution in [3.63, 3.8) is 0 Å². The highest BCUT2D eigenvalue weighted by Crippen LogP contribution is 2.01. The molecule has 0 unspecified atom stereocenters. The van der Waals surface area contributed by atoms with E-state index in [0.29, 0.717) is 6.54 Å². The molecule has 0 aliphatic rings. The quantitative estimate of drug-likeness (QED) is 0.584. The number of methoxy groups -OCH3 is 1. The summed E-state index contributed by atoms with van der Waals surface area (Å²) in [6.45, 7) is 3.84. The molecule has 0 rings (SSSR count). The molecule has 0 aromatic heterocycles. The summed E-state index contributed by atoms with van der Waals surface area (Å²) >= 11 is 0. The lowest BCUT2D eigenvalue weighted by atomic mass is 10.1. The van der Waals surface area contributed by atoms with Crippen LogP contribution in [-0.2, 0) is 19.6 Å². The molecule has 0 aliphatic carbocycles. The van der Waals surface area contributed by atoms with Crippen molar-refractivity contribution in [1.82, 2.24) is 10.0 Å². The fourth-order valence-corrected chi connectivity index (χ4v) is 2.16. The lowest BCUT2D eigenvalue weighted by molar-refractivity contribution is -0.139. The fourth-order valence-electron chi connectivity index (χ4n) is 1.09. The van der Waals surface area contributed by atoms with Crippen molar-refractivity contribution in [2.45, 2.75) is 19.4 Å². The molecule has 0 atom stereocenters. The van der Waals surface area contributed by atoms with E-state index in [0.717, 1.165) is 6.26 Å². The molecule has 0 saturated carbocycles. The van der Waals surface area contributed by atoms with E-state index in [2.05, 4.69) is 14.8 Å². The van der Waals surface area contributed by atoms with Gasteiger partial charge in [0.1, 0.15) is 0 Å². The molecule has 0 aliphatic heterocycles. The van der Waals surface area contributed by atoms with E-state index in [1.54, 1.807) is 13.8 Å². The topological polar surface area (TPSA) is 84.5 Å². The summed E-state index contributed by atoms with van der Waals surface area (Å²) in [5.74, 6) is -0.384. The summed E-state index contributed by atoms with van der Waals surface area (Å²) in [6.07, 6.45) is 1.09. The summed E-state index contributed by atoms with van der Waals surface area (Å²) < 4.78 is 28.8. The van der Waals surface area contributed by atoms with E-state index < -0.39 is 15.6 Å². The molecular weight excluding hydrogens is 220 g/mol. The standard InChI is InChI=1S/C8H18N2O4S/c1-8(2,10-15(4,12)13)6-9-5-7(11)14-3/h9-10H,5-6H2,1-4H3. The Labute approximate surface area is 90.4 Å². The third kappa shape index (κ3) is 8.34. The second-order valence-corrected chi connectivity index (χ2v) is 5.69. The zero-order valence-corrected chi connectivity index (χ0v) is 10.3. The summed E-state index contributed by atoms with van der Waals surface area (Å²) in [4.78, 5) is 10.8. The molecule has 0 aromatic carbocycles. The first kappa shape index (κ1) is 14.3. The highest BCUT2D eigenvalue weighted by Gasteiger charge is 2.21. The van der Waals surface area contributed by atoms with E-state index in [-0.39, 0.29) is 12.5 Å². The molecular formula is C8H18N2O4S. The van der Waals surface area contributed by atoms with Gasteiger partial charge in [-0.05, 0) is 13.8 Å². The van der Waals surface area contributed by atoms with E-state index in [1.165, 1.54) is 7.11 Å². The fraction of sp³-hybridized carbons (Fsp3) is 0.875. The van der Waals surface area contributed by atoms with Crippen LogP contribution in [0.3, 0.4) is 0 Å². The molecule has 15 heavy (non-hydrogen) atoms. The predicted molar refractivity (Wildman–Crippen MR) is 56.9 cm³/mol. The summed E-state index contributed by atoms with van der Waals surface area (Å²) in [5.41, 5.74) is -0.637. The zero-order chi connectivity index (χ0) is 12.1. The first-order valence-corrected chi connectivity index (χ1v) is 6.32. The van der Waals surface area contributed by atoms with Crippen molar-refractivity contribution >= 4 is 16.0 Å². The van der Waals surface area contributed by atoms with Crippen LogP contribution < -0.4 is 10.0 Å². The van der Waals surface area contributed by atoms with Crippen LogP contribution in [0.4, 0.5) is 0 Å². The SMILES string of the molecule is COC(=O)CNCC(C)(C)NS(C)(=O)=O. The maximum Gasteiger partial charge on any atom is 0.319 e. The number of carbonyl (C=O) groups excluding carboxylic acids is 1. The Balaban J connectivity index is 4.00. The highest BCUT2D eigenvalue weighted by molar-refractivity contribution is 7.88. The molecule has 2 N–H and O–H groups in total. The van der Waals surface area contributed by atoms with Crippen LogP contribution in [-0.4, -0.2) is 46.4 Å². The maximum absolute atomic E-state index is 11.0. The Hall–Kier alpha value is -0.660. The molecule has 0 bridgehead atoms. The number of carbonyl (C=O) groups is 1. The average molecular weight is 238 g/mol. The average Bonchev–Trinajstić information content (AvgIpc) is 1.98. The molecule has 90 valence electrons. The molecule has 0 aromatic rings. The second kappa shape index (κ2) is 5.43. The van der Waals surface area contributed by atoms with E-state index in [4.69, 9.17) is 0 Å². The first-order valence-electron chi connectivity index (χ1n) is 4.43. The predicted octanol–water partition coefficient (Wildman–Crippen LogP) is -0.923. The number of rotatable bonds is 6. The normalized spacial score (nSPS) is 12.5. The minimum Gasteiger partial charge on any atom is -0.468 e. The molecule has 7 heteroatoms. The van der Waals surface area contributed by atoms with Crippen LogP contribution in [0.2, 0.25) is 0 Å². The third-order valence-corrected chi connectivity index (χ3v) is 2.45. The minimum absolute atomic E-state index is 0.0609. The van der Waals surface area contributed by atoms with E-state index in [1.807, 2.05) is 0 Å². The lowest BCUT2D eigenvalue weighted by Gasteiger charge is -2.25. The van der Waals surface area contributed by atoms with Gasteiger partial charge in [-0.25, -0.2) is 13.1 Å². The Kier molecular flexibility index (Phi) is 5.19. The maximum atomic E-state index is 11.0. The van der Waals surface area contributed by atoms with Crippen molar-refractivity contribution in [2.75, 3.05) is 26.5 Å². The van der Waals surface area contributed by atoms with Crippen LogP contribution in [0.1, 0.15) is 13.8 Å². The van der Waals surface area contributed by atoms with Crippen LogP contribution in [0, 0.1) is 0 Å². The Bertz CT molecular complexity index is 311. The van der Waals surface area contributed by atoms with Gasteiger partial charge in [-0.2, -0.15) is 0 Å². The molecule has 0 radical (unpaired) electrons. The van der Waals surface area contributed by atoms with Gasteiger partial charge in [0, 0.05) is 12.1 Å². The summed E-state index contributed by atoms with van der Waals surface area (Å²) in [7, 11) is -1.95. The van der Waals surface area contributed by atoms with E-state index >= 15 is 0 Å². The molecule has 0 spiro atoms. The molecule has 0 amide bonds. The van der Waals surface area contributed by atoms with Gasteiger partial charge in [0.05, 0.1) is 19.9 Å². The van der Waals surface area contributed by atoms with Gasteiger partial charge in [0.2, 0.25) is 10.0 Å². The first-order chi connectivity index (χ1) is 6.66.